The monoisotopic (exact) mass is 230 g/mol. The first kappa shape index (κ1) is 10.9. The largest absolute Gasteiger partial charge is 0.372 e. The summed E-state index contributed by atoms with van der Waals surface area (Å²) in [5.41, 5.74) is 0.211. The van der Waals surface area contributed by atoms with Crippen molar-refractivity contribution in [3.05, 3.63) is 36.7 Å². The lowest BCUT2D eigenvalue weighted by Gasteiger charge is -2.04. The first-order valence-corrected chi connectivity index (χ1v) is 4.87. The molecule has 17 heavy (non-hydrogen) atoms. The van der Waals surface area contributed by atoms with Crippen molar-refractivity contribution in [2.75, 3.05) is 17.7 Å². The van der Waals surface area contributed by atoms with Gasteiger partial charge in [-0.05, 0) is 0 Å². The molecule has 0 aromatic carbocycles. The minimum atomic E-state index is -0.380. The summed E-state index contributed by atoms with van der Waals surface area (Å²) in [4.78, 5) is 27.5. The normalized spacial score (nSPS) is 9.71. The van der Waals surface area contributed by atoms with E-state index >= 15 is 0 Å². The van der Waals surface area contributed by atoms with Gasteiger partial charge in [0.15, 0.2) is 5.82 Å². The van der Waals surface area contributed by atoms with Crippen LogP contribution in [0.15, 0.2) is 31.0 Å². The highest BCUT2D eigenvalue weighted by atomic mass is 16.1. The Hall–Kier alpha value is -2.57. The summed E-state index contributed by atoms with van der Waals surface area (Å²) in [5, 5.41) is 5.37. The third-order valence-corrected chi connectivity index (χ3v) is 1.93. The molecule has 0 atom stereocenters. The zero-order valence-electron chi connectivity index (χ0n) is 9.08. The fourth-order valence-corrected chi connectivity index (χ4v) is 1.14. The fraction of sp³-hybridized carbons (Fsp3) is 0.100. The zero-order valence-corrected chi connectivity index (χ0v) is 9.08. The maximum atomic E-state index is 11.8. The number of hydrogen-bond acceptors (Lipinski definition) is 6. The lowest BCUT2D eigenvalue weighted by Crippen LogP contribution is -2.15. The van der Waals surface area contributed by atoms with Crippen molar-refractivity contribution < 1.29 is 4.79 Å². The van der Waals surface area contributed by atoms with Crippen LogP contribution in [0.1, 0.15) is 10.5 Å². The highest BCUT2D eigenvalue weighted by molar-refractivity contribution is 6.02. The molecule has 2 aromatic rings. The molecule has 0 saturated carbocycles. The topological polar surface area (TPSA) is 92.7 Å². The number of nitrogens with one attached hydrogen (secondary N) is 2. The molecule has 0 saturated heterocycles. The van der Waals surface area contributed by atoms with Crippen LogP contribution in [-0.2, 0) is 0 Å². The molecule has 0 fully saturated rings. The quantitative estimate of drug-likeness (QED) is 0.800. The van der Waals surface area contributed by atoms with Crippen molar-refractivity contribution in [3.63, 3.8) is 0 Å². The van der Waals surface area contributed by atoms with Gasteiger partial charge in [0.1, 0.15) is 11.5 Å². The maximum absolute atomic E-state index is 11.8. The molecule has 0 aliphatic heterocycles. The van der Waals surface area contributed by atoms with E-state index in [9.17, 15) is 4.79 Å². The molecule has 7 heteroatoms. The van der Waals surface area contributed by atoms with Crippen LogP contribution in [0.2, 0.25) is 0 Å². The van der Waals surface area contributed by atoms with Gasteiger partial charge in [0, 0.05) is 19.4 Å². The number of amides is 1. The number of carbonyl (C=O) groups is 1. The Labute approximate surface area is 97.4 Å². The summed E-state index contributed by atoms with van der Waals surface area (Å²) in [5.74, 6) is 0.515. The SMILES string of the molecule is CNc1cncc(C(=O)Nc2cnccn2)n1. The predicted octanol–water partition coefficient (Wildman–Crippen LogP) is 0.561. The molecule has 0 bridgehead atoms. The Kier molecular flexibility index (Phi) is 3.20. The molecule has 0 aliphatic rings. The average molecular weight is 230 g/mol. The molecule has 0 radical (unpaired) electrons. The van der Waals surface area contributed by atoms with Gasteiger partial charge in [0.25, 0.3) is 5.91 Å². The van der Waals surface area contributed by atoms with Gasteiger partial charge in [0.05, 0.1) is 18.6 Å². The van der Waals surface area contributed by atoms with Crippen LogP contribution < -0.4 is 10.6 Å². The van der Waals surface area contributed by atoms with Crippen LogP contribution in [0.3, 0.4) is 0 Å². The standard InChI is InChI=1S/C10H10N6O/c1-11-8-5-13-4-7(15-8)10(17)16-9-6-12-2-3-14-9/h2-6H,1H3,(H,11,15)(H,14,16,17). The molecule has 2 aromatic heterocycles. The minimum Gasteiger partial charge on any atom is -0.372 e. The molecule has 0 aliphatic carbocycles. The lowest BCUT2D eigenvalue weighted by molar-refractivity contribution is 0.102. The summed E-state index contributed by atoms with van der Waals surface area (Å²) >= 11 is 0. The highest BCUT2D eigenvalue weighted by Gasteiger charge is 2.09. The summed E-state index contributed by atoms with van der Waals surface area (Å²) < 4.78 is 0. The van der Waals surface area contributed by atoms with E-state index in [0.717, 1.165) is 0 Å². The molecule has 86 valence electrons. The van der Waals surface area contributed by atoms with Crippen molar-refractivity contribution >= 4 is 17.5 Å². The van der Waals surface area contributed by atoms with Gasteiger partial charge >= 0.3 is 0 Å². The minimum absolute atomic E-state index is 0.211. The lowest BCUT2D eigenvalue weighted by atomic mass is 10.4. The van der Waals surface area contributed by atoms with Gasteiger partial charge in [-0.1, -0.05) is 0 Å². The van der Waals surface area contributed by atoms with Crippen molar-refractivity contribution in [3.8, 4) is 0 Å². The molecule has 2 N–H and O–H groups in total. The van der Waals surface area contributed by atoms with E-state index in [1.807, 2.05) is 0 Å². The molecule has 2 rings (SSSR count). The van der Waals surface area contributed by atoms with Crippen LogP contribution in [0.4, 0.5) is 11.6 Å². The van der Waals surface area contributed by atoms with E-state index in [1.54, 1.807) is 7.05 Å². The second kappa shape index (κ2) is 4.97. The van der Waals surface area contributed by atoms with Crippen LogP contribution in [0, 0.1) is 0 Å². The van der Waals surface area contributed by atoms with Crippen LogP contribution in [0.25, 0.3) is 0 Å². The fourth-order valence-electron chi connectivity index (χ4n) is 1.14. The van der Waals surface area contributed by atoms with Crippen molar-refractivity contribution in [1.29, 1.82) is 0 Å². The number of anilines is 2. The average Bonchev–Trinajstić information content (AvgIpc) is 2.40. The Morgan fingerprint density at radius 2 is 1.94 bits per heavy atom. The van der Waals surface area contributed by atoms with Crippen molar-refractivity contribution in [1.82, 2.24) is 19.9 Å². The smallest absolute Gasteiger partial charge is 0.277 e. The van der Waals surface area contributed by atoms with E-state index in [-0.39, 0.29) is 11.6 Å². The first-order chi connectivity index (χ1) is 8.29. The van der Waals surface area contributed by atoms with Gasteiger partial charge in [0.2, 0.25) is 0 Å². The second-order valence-electron chi connectivity index (χ2n) is 3.08. The Morgan fingerprint density at radius 1 is 1.12 bits per heavy atom. The van der Waals surface area contributed by atoms with Gasteiger partial charge in [-0.15, -0.1) is 0 Å². The van der Waals surface area contributed by atoms with E-state index in [2.05, 4.69) is 30.6 Å². The molecule has 2 heterocycles. The molecule has 0 unspecified atom stereocenters. The second-order valence-corrected chi connectivity index (χ2v) is 3.08. The van der Waals surface area contributed by atoms with Gasteiger partial charge in [-0.25, -0.2) is 9.97 Å². The number of carbonyl (C=O) groups excluding carboxylic acids is 1. The summed E-state index contributed by atoms with van der Waals surface area (Å²) in [7, 11) is 1.70. The van der Waals surface area contributed by atoms with E-state index in [4.69, 9.17) is 0 Å². The van der Waals surface area contributed by atoms with Crippen LogP contribution >= 0.6 is 0 Å². The van der Waals surface area contributed by atoms with Gasteiger partial charge in [-0.3, -0.25) is 14.8 Å². The van der Waals surface area contributed by atoms with Crippen LogP contribution in [-0.4, -0.2) is 32.9 Å². The van der Waals surface area contributed by atoms with Crippen molar-refractivity contribution in [2.24, 2.45) is 0 Å². The zero-order chi connectivity index (χ0) is 12.1. The summed E-state index contributed by atoms with van der Waals surface area (Å²) in [6, 6.07) is 0. The maximum Gasteiger partial charge on any atom is 0.277 e. The Bertz CT molecular complexity index is 515. The number of nitrogens with zero attached hydrogens (tertiary/aromatic N) is 4. The summed E-state index contributed by atoms with van der Waals surface area (Å²) in [6.45, 7) is 0. The van der Waals surface area contributed by atoms with E-state index in [0.29, 0.717) is 11.6 Å². The molecular formula is C10H10N6O. The highest BCUT2D eigenvalue weighted by Crippen LogP contribution is 2.04. The van der Waals surface area contributed by atoms with Gasteiger partial charge < -0.3 is 10.6 Å². The molecular weight excluding hydrogens is 220 g/mol. The van der Waals surface area contributed by atoms with Crippen LogP contribution in [0.5, 0.6) is 0 Å². The Morgan fingerprint density at radius 3 is 2.65 bits per heavy atom. The molecule has 7 nitrogen and oxygen atoms in total. The summed E-state index contributed by atoms with van der Waals surface area (Å²) in [6.07, 6.45) is 7.38. The number of hydrogen-bond donors (Lipinski definition) is 2. The Balaban J connectivity index is 2.14. The third-order valence-electron chi connectivity index (χ3n) is 1.93. The van der Waals surface area contributed by atoms with Crippen molar-refractivity contribution in [2.45, 2.75) is 0 Å². The molecule has 1 amide bonds. The molecule has 0 spiro atoms. The number of aromatic nitrogens is 4. The third kappa shape index (κ3) is 2.71. The number of rotatable bonds is 3. The van der Waals surface area contributed by atoms with E-state index in [1.165, 1.54) is 31.0 Å². The predicted molar refractivity (Wildman–Crippen MR) is 61.6 cm³/mol. The van der Waals surface area contributed by atoms with Gasteiger partial charge in [-0.2, -0.15) is 0 Å². The van der Waals surface area contributed by atoms with E-state index < -0.39 is 0 Å². The first-order valence-electron chi connectivity index (χ1n) is 4.87.